The zero-order chi connectivity index (χ0) is 11.1. The van der Waals surface area contributed by atoms with Crippen LogP contribution in [0.1, 0.15) is 19.8 Å². The minimum atomic E-state index is -0.195. The average molecular weight is 213 g/mol. The Hall–Kier alpha value is -1.10. The van der Waals surface area contributed by atoms with Crippen LogP contribution in [0.2, 0.25) is 0 Å². The molecule has 0 aromatic carbocycles. The molecule has 86 valence electrons. The van der Waals surface area contributed by atoms with Gasteiger partial charge < -0.3 is 10.2 Å². The second kappa shape index (κ2) is 6.40. The second-order valence-corrected chi connectivity index (χ2v) is 3.59. The lowest BCUT2D eigenvalue weighted by molar-refractivity contribution is -0.114. The molecular formula is C10H19N3O2. The van der Waals surface area contributed by atoms with Gasteiger partial charge in [0, 0.05) is 12.6 Å². The zero-order valence-electron chi connectivity index (χ0n) is 9.40. The van der Waals surface area contributed by atoms with Gasteiger partial charge in [0.15, 0.2) is 0 Å². The molecule has 0 saturated carbocycles. The van der Waals surface area contributed by atoms with Gasteiger partial charge in [-0.1, -0.05) is 12.1 Å². The van der Waals surface area contributed by atoms with Crippen molar-refractivity contribution in [1.29, 1.82) is 0 Å². The topological polar surface area (TPSA) is 53.9 Å². The van der Waals surface area contributed by atoms with Crippen LogP contribution in [-0.4, -0.2) is 49.8 Å². The normalized spacial score (nSPS) is 22.1. The van der Waals surface area contributed by atoms with Gasteiger partial charge in [0.25, 0.3) is 5.91 Å². The van der Waals surface area contributed by atoms with E-state index in [1.54, 1.807) is 0 Å². The summed E-state index contributed by atoms with van der Waals surface area (Å²) in [5.74, 6) is -0.195. The van der Waals surface area contributed by atoms with Crippen molar-refractivity contribution < 1.29 is 9.63 Å². The molecule has 1 atom stereocenters. The number of hydrogen-bond donors (Lipinski definition) is 1. The highest BCUT2D eigenvalue weighted by Gasteiger charge is 2.22. The molecule has 0 spiro atoms. The first kappa shape index (κ1) is 12.0. The van der Waals surface area contributed by atoms with E-state index >= 15 is 0 Å². The molecule has 1 aliphatic heterocycles. The van der Waals surface area contributed by atoms with Crippen LogP contribution in [0, 0.1) is 0 Å². The lowest BCUT2D eigenvalue weighted by Gasteiger charge is -2.22. The van der Waals surface area contributed by atoms with Crippen molar-refractivity contribution in [3.8, 4) is 0 Å². The number of likely N-dealkylation sites (tertiary alicyclic amines) is 1. The van der Waals surface area contributed by atoms with Gasteiger partial charge in [-0.2, -0.15) is 0 Å². The Morgan fingerprint density at radius 3 is 3.20 bits per heavy atom. The van der Waals surface area contributed by atoms with Crippen LogP contribution >= 0.6 is 0 Å². The van der Waals surface area contributed by atoms with Gasteiger partial charge in [-0.15, -0.1) is 0 Å². The van der Waals surface area contributed by atoms with Crippen molar-refractivity contribution in [2.24, 2.45) is 5.16 Å². The van der Waals surface area contributed by atoms with E-state index in [0.29, 0.717) is 12.6 Å². The molecule has 1 rings (SSSR count). The van der Waals surface area contributed by atoms with Crippen molar-refractivity contribution in [1.82, 2.24) is 10.2 Å². The lowest BCUT2D eigenvalue weighted by atomic mass is 10.2. The maximum Gasteiger partial charge on any atom is 0.265 e. The van der Waals surface area contributed by atoms with Crippen LogP contribution in [-0.2, 0) is 9.63 Å². The number of amides is 1. The summed E-state index contributed by atoms with van der Waals surface area (Å²) in [6.45, 7) is 5.03. The van der Waals surface area contributed by atoms with Gasteiger partial charge in [0.1, 0.15) is 13.3 Å². The maximum atomic E-state index is 11.2. The Balaban J connectivity index is 2.24. The molecule has 5 nitrogen and oxygen atoms in total. The van der Waals surface area contributed by atoms with Crippen LogP contribution < -0.4 is 5.32 Å². The van der Waals surface area contributed by atoms with E-state index in [9.17, 15) is 4.79 Å². The highest BCUT2D eigenvalue weighted by molar-refractivity contribution is 6.26. The molecule has 1 aliphatic rings. The molecule has 1 amide bonds. The first-order valence-electron chi connectivity index (χ1n) is 5.36. The maximum absolute atomic E-state index is 11.2. The molecule has 0 bridgehead atoms. The Kier molecular flexibility index (Phi) is 5.10. The van der Waals surface area contributed by atoms with E-state index in [4.69, 9.17) is 0 Å². The summed E-state index contributed by atoms with van der Waals surface area (Å²) in [5, 5.41) is 6.22. The minimum Gasteiger partial charge on any atom is -0.399 e. The molecule has 1 saturated heterocycles. The van der Waals surface area contributed by atoms with E-state index in [2.05, 4.69) is 27.1 Å². The first-order valence-corrected chi connectivity index (χ1v) is 5.36. The SMILES string of the molecule is CCN1CCC[C@H]1CNC(=O)/C=N/OC. The molecule has 0 unspecified atom stereocenters. The third-order valence-electron chi connectivity index (χ3n) is 2.69. The van der Waals surface area contributed by atoms with E-state index < -0.39 is 0 Å². The molecule has 1 heterocycles. The Bertz CT molecular complexity index is 231. The number of likely N-dealkylation sites (N-methyl/N-ethyl adjacent to an activating group) is 1. The molecule has 15 heavy (non-hydrogen) atoms. The number of oxime groups is 1. The number of hydrogen-bond acceptors (Lipinski definition) is 4. The summed E-state index contributed by atoms with van der Waals surface area (Å²) in [6.07, 6.45) is 3.54. The number of nitrogens with zero attached hydrogens (tertiary/aromatic N) is 2. The van der Waals surface area contributed by atoms with Crippen LogP contribution in [0.15, 0.2) is 5.16 Å². The largest absolute Gasteiger partial charge is 0.399 e. The molecule has 0 radical (unpaired) electrons. The van der Waals surface area contributed by atoms with E-state index in [1.165, 1.54) is 13.5 Å². The third kappa shape index (κ3) is 3.87. The highest BCUT2D eigenvalue weighted by atomic mass is 16.6. The summed E-state index contributed by atoms with van der Waals surface area (Å²) < 4.78 is 0. The molecular weight excluding hydrogens is 194 g/mol. The number of carbonyl (C=O) groups excluding carboxylic acids is 1. The van der Waals surface area contributed by atoms with E-state index in [1.807, 2.05) is 0 Å². The third-order valence-corrected chi connectivity index (χ3v) is 2.69. The summed E-state index contributed by atoms with van der Waals surface area (Å²) in [4.78, 5) is 18.0. The minimum absolute atomic E-state index is 0.195. The fraction of sp³-hybridized carbons (Fsp3) is 0.800. The van der Waals surface area contributed by atoms with Crippen LogP contribution in [0.25, 0.3) is 0 Å². The fourth-order valence-electron chi connectivity index (χ4n) is 1.91. The van der Waals surface area contributed by atoms with Gasteiger partial charge in [-0.05, 0) is 25.9 Å². The highest BCUT2D eigenvalue weighted by Crippen LogP contribution is 2.15. The van der Waals surface area contributed by atoms with Crippen molar-refractivity contribution in [2.75, 3.05) is 26.7 Å². The van der Waals surface area contributed by atoms with Crippen molar-refractivity contribution in [2.45, 2.75) is 25.8 Å². The van der Waals surface area contributed by atoms with Gasteiger partial charge in [-0.3, -0.25) is 9.69 Å². The summed E-state index contributed by atoms with van der Waals surface area (Å²) in [7, 11) is 1.42. The lowest BCUT2D eigenvalue weighted by Crippen LogP contribution is -2.40. The summed E-state index contributed by atoms with van der Waals surface area (Å²) in [5.41, 5.74) is 0. The van der Waals surface area contributed by atoms with Gasteiger partial charge in [0.2, 0.25) is 0 Å². The number of carbonyl (C=O) groups is 1. The van der Waals surface area contributed by atoms with Gasteiger partial charge in [0.05, 0.1) is 0 Å². The van der Waals surface area contributed by atoms with Crippen molar-refractivity contribution >= 4 is 12.1 Å². The Morgan fingerprint density at radius 1 is 1.73 bits per heavy atom. The molecule has 1 N–H and O–H groups in total. The smallest absolute Gasteiger partial charge is 0.265 e. The van der Waals surface area contributed by atoms with Gasteiger partial charge in [-0.25, -0.2) is 0 Å². The van der Waals surface area contributed by atoms with Gasteiger partial charge >= 0.3 is 0 Å². The molecule has 0 aliphatic carbocycles. The van der Waals surface area contributed by atoms with E-state index in [0.717, 1.165) is 25.7 Å². The average Bonchev–Trinajstić information content (AvgIpc) is 2.70. The quantitative estimate of drug-likeness (QED) is 0.525. The van der Waals surface area contributed by atoms with Crippen molar-refractivity contribution in [3.05, 3.63) is 0 Å². The standard InChI is InChI=1S/C10H19N3O2/c1-3-13-6-4-5-9(13)7-11-10(14)8-12-15-2/h8-9H,3-7H2,1-2H3,(H,11,14)/b12-8+/t9-/m0/s1. The number of nitrogens with one attached hydrogen (secondary N) is 1. The van der Waals surface area contributed by atoms with Crippen molar-refractivity contribution in [3.63, 3.8) is 0 Å². The molecule has 1 fully saturated rings. The molecule has 5 heteroatoms. The second-order valence-electron chi connectivity index (χ2n) is 3.59. The zero-order valence-corrected chi connectivity index (χ0v) is 9.40. The number of rotatable bonds is 5. The Morgan fingerprint density at radius 2 is 2.53 bits per heavy atom. The summed E-state index contributed by atoms with van der Waals surface area (Å²) >= 11 is 0. The monoisotopic (exact) mass is 213 g/mol. The summed E-state index contributed by atoms with van der Waals surface area (Å²) in [6, 6.07) is 0.481. The first-order chi connectivity index (χ1) is 7.27. The Labute approximate surface area is 90.5 Å². The molecule has 0 aromatic heterocycles. The predicted octanol–water partition coefficient (Wildman–Crippen LogP) is 0.219. The predicted molar refractivity (Wildman–Crippen MR) is 58.8 cm³/mol. The van der Waals surface area contributed by atoms with Crippen LogP contribution in [0.5, 0.6) is 0 Å². The van der Waals surface area contributed by atoms with Crippen LogP contribution in [0.4, 0.5) is 0 Å². The van der Waals surface area contributed by atoms with Crippen LogP contribution in [0.3, 0.4) is 0 Å². The fourth-order valence-corrected chi connectivity index (χ4v) is 1.91. The molecule has 0 aromatic rings. The van der Waals surface area contributed by atoms with E-state index in [-0.39, 0.29) is 5.91 Å².